The second-order valence-electron chi connectivity index (χ2n) is 5.06. The monoisotopic (exact) mass is 344 g/mol. The fourth-order valence-corrected chi connectivity index (χ4v) is 3.13. The number of aryl methyl sites for hydroxylation is 1. The van der Waals surface area contributed by atoms with Gasteiger partial charge in [-0.25, -0.2) is 0 Å². The van der Waals surface area contributed by atoms with E-state index in [0.717, 1.165) is 4.47 Å². The Hall–Kier alpha value is -0.0300. The van der Waals surface area contributed by atoms with Crippen LogP contribution in [0, 0.1) is 6.92 Å². The van der Waals surface area contributed by atoms with Gasteiger partial charge in [0.25, 0.3) is 0 Å². The van der Waals surface area contributed by atoms with Crippen molar-refractivity contribution in [1.82, 2.24) is 4.90 Å². The molecule has 1 aromatic carbocycles. The lowest BCUT2D eigenvalue weighted by Gasteiger charge is -2.33. The Bertz CT molecular complexity index is 398. The zero-order valence-corrected chi connectivity index (χ0v) is 14.7. The third-order valence-electron chi connectivity index (χ3n) is 3.73. The van der Waals surface area contributed by atoms with E-state index in [-0.39, 0.29) is 6.04 Å². The van der Waals surface area contributed by atoms with Gasteiger partial charge in [0.2, 0.25) is 0 Å². The molecule has 0 radical (unpaired) electrons. The van der Waals surface area contributed by atoms with Gasteiger partial charge in [-0.15, -0.1) is 0 Å². The lowest BCUT2D eigenvalue weighted by atomic mass is 10.0. The Morgan fingerprint density at radius 3 is 2.63 bits per heavy atom. The quantitative estimate of drug-likeness (QED) is 0.814. The van der Waals surface area contributed by atoms with E-state index in [1.54, 1.807) is 0 Å². The molecular weight excluding hydrogens is 320 g/mol. The van der Waals surface area contributed by atoms with Crippen molar-refractivity contribution in [2.75, 3.05) is 25.6 Å². The van der Waals surface area contributed by atoms with Crippen molar-refractivity contribution in [1.29, 1.82) is 0 Å². The Morgan fingerprint density at radius 2 is 2.11 bits per heavy atom. The highest BCUT2D eigenvalue weighted by molar-refractivity contribution is 9.10. The van der Waals surface area contributed by atoms with Crippen LogP contribution < -0.4 is 5.73 Å². The summed E-state index contributed by atoms with van der Waals surface area (Å²) in [6.07, 6.45) is 3.35. The Morgan fingerprint density at radius 1 is 1.42 bits per heavy atom. The molecule has 108 valence electrons. The van der Waals surface area contributed by atoms with E-state index in [2.05, 4.69) is 66.2 Å². The number of nitrogens with two attached hydrogens (primary N) is 1. The molecule has 0 saturated heterocycles. The molecule has 0 aliphatic rings. The molecule has 4 heteroatoms. The zero-order chi connectivity index (χ0) is 14.4. The Kier molecular flexibility index (Phi) is 7.44. The lowest BCUT2D eigenvalue weighted by Crippen LogP contribution is -2.37. The van der Waals surface area contributed by atoms with Crippen molar-refractivity contribution in [2.24, 2.45) is 5.73 Å². The maximum Gasteiger partial charge on any atom is 0.0470 e. The van der Waals surface area contributed by atoms with Crippen molar-refractivity contribution < 1.29 is 0 Å². The predicted octanol–water partition coefficient (Wildman–Crippen LogP) is 3.83. The van der Waals surface area contributed by atoms with E-state index < -0.39 is 0 Å². The van der Waals surface area contributed by atoms with Crippen molar-refractivity contribution in [3.8, 4) is 0 Å². The Labute approximate surface area is 130 Å². The summed E-state index contributed by atoms with van der Waals surface area (Å²) in [4.78, 5) is 2.40. The minimum atomic E-state index is 0.286. The fourth-order valence-electron chi connectivity index (χ4n) is 2.15. The SMILES string of the molecule is CSCCC(C)N(C)C(CN)c1ccc(C)c(Br)c1. The van der Waals surface area contributed by atoms with Gasteiger partial charge in [0.15, 0.2) is 0 Å². The summed E-state index contributed by atoms with van der Waals surface area (Å²) in [7, 11) is 2.18. The van der Waals surface area contributed by atoms with Crippen LogP contribution in [0.25, 0.3) is 0 Å². The van der Waals surface area contributed by atoms with Crippen LogP contribution in [0.1, 0.15) is 30.5 Å². The first-order valence-corrected chi connectivity index (χ1v) is 8.87. The van der Waals surface area contributed by atoms with E-state index >= 15 is 0 Å². The maximum absolute atomic E-state index is 6.00. The molecule has 1 rings (SSSR count). The van der Waals surface area contributed by atoms with Gasteiger partial charge < -0.3 is 5.73 Å². The number of nitrogens with zero attached hydrogens (tertiary/aromatic N) is 1. The van der Waals surface area contributed by atoms with E-state index in [1.165, 1.54) is 23.3 Å². The smallest absolute Gasteiger partial charge is 0.0470 e. The van der Waals surface area contributed by atoms with Crippen molar-refractivity contribution in [3.63, 3.8) is 0 Å². The van der Waals surface area contributed by atoms with Crippen LogP contribution in [-0.2, 0) is 0 Å². The van der Waals surface area contributed by atoms with Gasteiger partial charge in [0.05, 0.1) is 0 Å². The minimum absolute atomic E-state index is 0.286. The minimum Gasteiger partial charge on any atom is -0.329 e. The average molecular weight is 345 g/mol. The molecule has 0 heterocycles. The highest BCUT2D eigenvalue weighted by Gasteiger charge is 2.20. The van der Waals surface area contributed by atoms with E-state index in [0.29, 0.717) is 12.6 Å². The second-order valence-corrected chi connectivity index (χ2v) is 6.90. The summed E-state index contributed by atoms with van der Waals surface area (Å²) >= 11 is 5.51. The number of thioether (sulfide) groups is 1. The molecule has 0 aromatic heterocycles. The predicted molar refractivity (Wildman–Crippen MR) is 90.9 cm³/mol. The van der Waals surface area contributed by atoms with Gasteiger partial charge in [-0.1, -0.05) is 28.1 Å². The van der Waals surface area contributed by atoms with Crippen molar-refractivity contribution in [2.45, 2.75) is 32.4 Å². The number of benzene rings is 1. The number of rotatable bonds is 7. The standard InChI is InChI=1S/C15H25BrN2S/c1-11-5-6-13(9-14(11)16)15(10-17)18(3)12(2)7-8-19-4/h5-6,9,12,15H,7-8,10,17H2,1-4H3. The largest absolute Gasteiger partial charge is 0.329 e. The van der Waals surface area contributed by atoms with E-state index in [4.69, 9.17) is 5.73 Å². The zero-order valence-electron chi connectivity index (χ0n) is 12.3. The average Bonchev–Trinajstić information content (AvgIpc) is 2.40. The van der Waals surface area contributed by atoms with E-state index in [9.17, 15) is 0 Å². The third kappa shape index (κ3) is 4.78. The number of likely N-dealkylation sites (N-methyl/N-ethyl adjacent to an activating group) is 1. The van der Waals surface area contributed by atoms with Gasteiger partial charge in [0.1, 0.15) is 0 Å². The molecular formula is C15H25BrN2S. The van der Waals surface area contributed by atoms with Crippen LogP contribution in [-0.4, -0.2) is 36.5 Å². The molecule has 1 aromatic rings. The van der Waals surface area contributed by atoms with Crippen molar-refractivity contribution in [3.05, 3.63) is 33.8 Å². The highest BCUT2D eigenvalue weighted by Crippen LogP contribution is 2.26. The van der Waals surface area contributed by atoms with Crippen molar-refractivity contribution >= 4 is 27.7 Å². The topological polar surface area (TPSA) is 29.3 Å². The van der Waals surface area contributed by atoms with Gasteiger partial charge in [-0.05, 0) is 56.5 Å². The first-order chi connectivity index (χ1) is 9.01. The fraction of sp³-hybridized carbons (Fsp3) is 0.600. The van der Waals surface area contributed by atoms with Gasteiger partial charge in [0, 0.05) is 23.1 Å². The summed E-state index contributed by atoms with van der Waals surface area (Å²) in [6, 6.07) is 7.37. The molecule has 0 fully saturated rings. The Balaban J connectivity index is 2.83. The van der Waals surface area contributed by atoms with Crippen LogP contribution in [0.3, 0.4) is 0 Å². The third-order valence-corrected chi connectivity index (χ3v) is 5.23. The first-order valence-electron chi connectivity index (χ1n) is 6.68. The summed E-state index contributed by atoms with van der Waals surface area (Å²) in [5, 5.41) is 0. The molecule has 2 unspecified atom stereocenters. The maximum atomic E-state index is 6.00. The molecule has 19 heavy (non-hydrogen) atoms. The van der Waals surface area contributed by atoms with Crippen LogP contribution >= 0.6 is 27.7 Å². The molecule has 2 N–H and O–H groups in total. The molecule has 0 aliphatic heterocycles. The lowest BCUT2D eigenvalue weighted by molar-refractivity contribution is 0.185. The first kappa shape index (κ1) is 17.0. The molecule has 0 bridgehead atoms. The molecule has 0 aliphatic carbocycles. The van der Waals surface area contributed by atoms with Gasteiger partial charge >= 0.3 is 0 Å². The summed E-state index contributed by atoms with van der Waals surface area (Å²) in [6.45, 7) is 5.04. The number of halogens is 1. The molecule has 0 amide bonds. The van der Waals surface area contributed by atoms with Crippen LogP contribution in [0.4, 0.5) is 0 Å². The number of hydrogen-bond acceptors (Lipinski definition) is 3. The van der Waals surface area contributed by atoms with Crippen LogP contribution in [0.2, 0.25) is 0 Å². The summed E-state index contributed by atoms with van der Waals surface area (Å²) in [5.41, 5.74) is 8.55. The normalized spacial score (nSPS) is 14.7. The van der Waals surface area contributed by atoms with Gasteiger partial charge in [-0.2, -0.15) is 11.8 Å². The highest BCUT2D eigenvalue weighted by atomic mass is 79.9. The summed E-state index contributed by atoms with van der Waals surface area (Å²) in [5.74, 6) is 1.19. The molecule has 0 saturated carbocycles. The van der Waals surface area contributed by atoms with E-state index in [1.807, 2.05) is 11.8 Å². The van der Waals surface area contributed by atoms with Gasteiger partial charge in [-0.3, -0.25) is 4.90 Å². The van der Waals surface area contributed by atoms with Crippen LogP contribution in [0.5, 0.6) is 0 Å². The molecule has 2 nitrogen and oxygen atoms in total. The molecule has 0 spiro atoms. The summed E-state index contributed by atoms with van der Waals surface area (Å²) < 4.78 is 1.16. The number of hydrogen-bond donors (Lipinski definition) is 1. The second kappa shape index (κ2) is 8.30. The molecule has 2 atom stereocenters. The van der Waals surface area contributed by atoms with Crippen LogP contribution in [0.15, 0.2) is 22.7 Å².